The van der Waals surface area contributed by atoms with Crippen LogP contribution in [0.15, 0.2) is 134 Å². The number of esters is 3. The summed E-state index contributed by atoms with van der Waals surface area (Å²) in [6, 6.07) is 0. The second kappa shape index (κ2) is 57.1. The molecule has 0 saturated heterocycles. The highest BCUT2D eigenvalue weighted by atomic mass is 16.6. The van der Waals surface area contributed by atoms with E-state index in [-0.39, 0.29) is 31.1 Å². The van der Waals surface area contributed by atoms with Crippen molar-refractivity contribution in [1.82, 2.24) is 0 Å². The molecule has 0 aromatic rings. The van der Waals surface area contributed by atoms with Gasteiger partial charge in [-0.2, -0.15) is 0 Å². The lowest BCUT2D eigenvalue weighted by atomic mass is 10.1. The van der Waals surface area contributed by atoms with Crippen molar-refractivity contribution in [2.45, 2.75) is 239 Å². The Bertz CT molecular complexity index is 1530. The van der Waals surface area contributed by atoms with Crippen LogP contribution in [0.3, 0.4) is 0 Å². The van der Waals surface area contributed by atoms with E-state index in [1.54, 1.807) is 0 Å². The Morgan fingerprint density at radius 2 is 0.557 bits per heavy atom. The van der Waals surface area contributed by atoms with Crippen LogP contribution >= 0.6 is 0 Å². The number of carbonyl (C=O) groups is 3. The second-order valence-corrected chi connectivity index (χ2v) is 18.1. The van der Waals surface area contributed by atoms with Crippen LogP contribution in [0.1, 0.15) is 233 Å². The highest BCUT2D eigenvalue weighted by Gasteiger charge is 2.19. The molecule has 0 aromatic carbocycles. The van der Waals surface area contributed by atoms with Gasteiger partial charge in [0.2, 0.25) is 0 Å². The summed E-state index contributed by atoms with van der Waals surface area (Å²) < 4.78 is 16.8. The van der Waals surface area contributed by atoms with Gasteiger partial charge in [0.05, 0.1) is 0 Å². The summed E-state index contributed by atoms with van der Waals surface area (Å²) in [7, 11) is 0. The van der Waals surface area contributed by atoms with Crippen molar-refractivity contribution in [2.75, 3.05) is 13.2 Å². The zero-order chi connectivity index (χ0) is 50.7. The molecule has 0 N–H and O–H groups in total. The molecular weight excluding hydrogens is 865 g/mol. The minimum Gasteiger partial charge on any atom is -0.462 e. The molecule has 394 valence electrons. The predicted molar refractivity (Wildman–Crippen MR) is 302 cm³/mol. The zero-order valence-corrected chi connectivity index (χ0v) is 45.0. The van der Waals surface area contributed by atoms with Gasteiger partial charge >= 0.3 is 17.9 Å². The Morgan fingerprint density at radius 1 is 0.300 bits per heavy atom. The van der Waals surface area contributed by atoms with Gasteiger partial charge in [0.1, 0.15) is 13.2 Å². The lowest BCUT2D eigenvalue weighted by molar-refractivity contribution is -0.167. The Hall–Kier alpha value is -4.45. The van der Waals surface area contributed by atoms with E-state index in [9.17, 15) is 14.4 Å². The van der Waals surface area contributed by atoms with Crippen molar-refractivity contribution >= 4 is 17.9 Å². The van der Waals surface area contributed by atoms with Crippen molar-refractivity contribution in [1.29, 1.82) is 0 Å². The third-order valence-electron chi connectivity index (χ3n) is 11.4. The van der Waals surface area contributed by atoms with Crippen LogP contribution in [0.2, 0.25) is 0 Å². The first-order valence-electron chi connectivity index (χ1n) is 28.2. The van der Waals surface area contributed by atoms with Crippen molar-refractivity contribution in [3.05, 3.63) is 134 Å². The SMILES string of the molecule is CC/C=C\C/C=C\C/C=C\C/C=C\C/C=C\C/C=C\CCCCC(=O)OCC(COC(=O)CCCCCCC/C=C\C/C=C\C/C=C\CC)OC(=O)CCCCCCC/C=C\C/C=C\CCCCCC. The molecule has 0 spiro atoms. The first-order valence-corrected chi connectivity index (χ1v) is 28.2. The van der Waals surface area contributed by atoms with Gasteiger partial charge in [0, 0.05) is 19.3 Å². The van der Waals surface area contributed by atoms with E-state index < -0.39 is 6.10 Å². The van der Waals surface area contributed by atoms with Crippen LogP contribution in [0, 0.1) is 0 Å². The van der Waals surface area contributed by atoms with Crippen molar-refractivity contribution in [3.63, 3.8) is 0 Å². The van der Waals surface area contributed by atoms with E-state index in [0.29, 0.717) is 25.7 Å². The van der Waals surface area contributed by atoms with Gasteiger partial charge in [0.25, 0.3) is 0 Å². The van der Waals surface area contributed by atoms with E-state index >= 15 is 0 Å². The van der Waals surface area contributed by atoms with Crippen LogP contribution in [0.5, 0.6) is 0 Å². The molecule has 70 heavy (non-hydrogen) atoms. The maximum Gasteiger partial charge on any atom is 0.306 e. The number of hydrogen-bond acceptors (Lipinski definition) is 6. The number of rotatable bonds is 49. The van der Waals surface area contributed by atoms with Crippen LogP contribution in [0.4, 0.5) is 0 Å². The lowest BCUT2D eigenvalue weighted by Gasteiger charge is -2.18. The smallest absolute Gasteiger partial charge is 0.306 e. The van der Waals surface area contributed by atoms with E-state index in [2.05, 4.69) is 154 Å². The molecular formula is C64H102O6. The third kappa shape index (κ3) is 54.5. The molecule has 6 heteroatoms. The van der Waals surface area contributed by atoms with E-state index in [0.717, 1.165) is 154 Å². The molecule has 0 heterocycles. The monoisotopic (exact) mass is 967 g/mol. The summed E-state index contributed by atoms with van der Waals surface area (Å²) in [5, 5.41) is 0. The fourth-order valence-electron chi connectivity index (χ4n) is 7.19. The molecule has 0 aliphatic carbocycles. The van der Waals surface area contributed by atoms with E-state index in [1.165, 1.54) is 32.1 Å². The summed E-state index contributed by atoms with van der Waals surface area (Å²) in [6.07, 6.45) is 80.1. The molecule has 6 nitrogen and oxygen atoms in total. The van der Waals surface area contributed by atoms with Gasteiger partial charge in [0.15, 0.2) is 6.10 Å². The molecule has 0 radical (unpaired) electrons. The standard InChI is InChI=1S/C64H102O6/c1-4-7-10-13-16-19-22-25-28-30-31-32-33-34-37-39-42-45-48-51-54-57-63(66)69-60-61(59-68-62(65)56-53-50-47-44-41-38-35-27-24-21-18-15-12-9-6-3)70-64(67)58-55-52-49-46-43-40-36-29-26-23-20-17-14-11-8-5-2/h7,9-10,12,16,18-21,23,25,27-29,31-32,34-37,42,45,61H,4-6,8,11,13-15,17,22,24,26,30,33,38-41,43-44,46-60H2,1-3H3/b10-7-,12-9-,19-16-,21-18-,23-20-,28-25-,32-31-,35-27-,36-29-,37-34-,45-42-. The molecule has 1 unspecified atom stereocenters. The van der Waals surface area contributed by atoms with Crippen LogP contribution < -0.4 is 0 Å². The maximum absolute atomic E-state index is 12.8. The third-order valence-corrected chi connectivity index (χ3v) is 11.4. The minimum absolute atomic E-state index is 0.111. The fourth-order valence-corrected chi connectivity index (χ4v) is 7.19. The van der Waals surface area contributed by atoms with Crippen LogP contribution in [0.25, 0.3) is 0 Å². The normalized spacial score (nSPS) is 13.1. The average molecular weight is 968 g/mol. The van der Waals surface area contributed by atoms with Gasteiger partial charge < -0.3 is 14.2 Å². The molecule has 0 fully saturated rings. The zero-order valence-electron chi connectivity index (χ0n) is 45.0. The minimum atomic E-state index is -0.816. The fraction of sp³-hybridized carbons (Fsp3) is 0.609. The first kappa shape index (κ1) is 65.5. The quantitative estimate of drug-likeness (QED) is 0.0262. The Balaban J connectivity index is 4.53. The predicted octanol–water partition coefficient (Wildman–Crippen LogP) is 19.0. The Labute approximate surface area is 430 Å². The van der Waals surface area contributed by atoms with Gasteiger partial charge in [-0.05, 0) is 135 Å². The van der Waals surface area contributed by atoms with Gasteiger partial charge in [-0.1, -0.05) is 212 Å². The lowest BCUT2D eigenvalue weighted by Crippen LogP contribution is -2.30. The first-order chi connectivity index (χ1) is 34.5. The van der Waals surface area contributed by atoms with Gasteiger partial charge in [-0.3, -0.25) is 14.4 Å². The highest BCUT2D eigenvalue weighted by molar-refractivity contribution is 5.71. The molecule has 0 amide bonds. The summed E-state index contributed by atoms with van der Waals surface area (Å²) >= 11 is 0. The molecule has 1 atom stereocenters. The second-order valence-electron chi connectivity index (χ2n) is 18.1. The average Bonchev–Trinajstić information content (AvgIpc) is 3.36. The molecule has 0 rings (SSSR count). The van der Waals surface area contributed by atoms with Crippen molar-refractivity contribution in [2.24, 2.45) is 0 Å². The summed E-state index contributed by atoms with van der Waals surface area (Å²) in [6.45, 7) is 6.32. The largest absolute Gasteiger partial charge is 0.462 e. The van der Waals surface area contributed by atoms with E-state index in [4.69, 9.17) is 14.2 Å². The molecule has 0 aliphatic heterocycles. The van der Waals surface area contributed by atoms with Crippen LogP contribution in [-0.4, -0.2) is 37.2 Å². The Kier molecular flexibility index (Phi) is 53.5. The molecule has 0 bridgehead atoms. The molecule has 0 aromatic heterocycles. The van der Waals surface area contributed by atoms with Crippen LogP contribution in [-0.2, 0) is 28.6 Å². The molecule has 0 aliphatic rings. The molecule has 0 saturated carbocycles. The maximum atomic E-state index is 12.8. The topological polar surface area (TPSA) is 78.9 Å². The van der Waals surface area contributed by atoms with Crippen molar-refractivity contribution in [3.8, 4) is 0 Å². The Morgan fingerprint density at radius 3 is 0.900 bits per heavy atom. The number of allylic oxidation sites excluding steroid dienone is 22. The summed E-state index contributed by atoms with van der Waals surface area (Å²) in [5.74, 6) is -0.991. The number of hydrogen-bond donors (Lipinski definition) is 0. The number of ether oxygens (including phenoxy) is 3. The summed E-state index contributed by atoms with van der Waals surface area (Å²) in [5.41, 5.74) is 0. The van der Waals surface area contributed by atoms with Gasteiger partial charge in [-0.25, -0.2) is 0 Å². The van der Waals surface area contributed by atoms with Crippen molar-refractivity contribution < 1.29 is 28.6 Å². The number of unbranched alkanes of at least 4 members (excludes halogenated alkanes) is 16. The van der Waals surface area contributed by atoms with Gasteiger partial charge in [-0.15, -0.1) is 0 Å². The van der Waals surface area contributed by atoms with E-state index in [1.807, 2.05) is 0 Å². The number of carbonyl (C=O) groups excluding carboxylic acids is 3. The summed E-state index contributed by atoms with van der Waals surface area (Å²) in [4.78, 5) is 38.1. The highest BCUT2D eigenvalue weighted by Crippen LogP contribution is 2.13.